The van der Waals surface area contributed by atoms with Gasteiger partial charge in [-0.05, 0) is 43.5 Å². The molecule has 4 rings (SSSR count). The van der Waals surface area contributed by atoms with Crippen LogP contribution < -0.4 is 0 Å². The zero-order chi connectivity index (χ0) is 20.5. The Morgan fingerprint density at radius 2 is 1.76 bits per heavy atom. The summed E-state index contributed by atoms with van der Waals surface area (Å²) in [5.74, 6) is -1.19. The van der Waals surface area contributed by atoms with Crippen LogP contribution >= 0.6 is 0 Å². The number of carboxylic acid groups (broad SMARTS) is 1. The smallest absolute Gasteiger partial charge is 0.331 e. The molecule has 2 aromatic carbocycles. The average molecular weight is 389 g/mol. The van der Waals surface area contributed by atoms with Gasteiger partial charge in [0.15, 0.2) is 6.04 Å². The van der Waals surface area contributed by atoms with Gasteiger partial charge in [-0.3, -0.25) is 4.79 Å². The molecule has 6 nitrogen and oxygen atoms in total. The lowest BCUT2D eigenvalue weighted by atomic mass is 9.92. The third kappa shape index (κ3) is 3.42. The van der Waals surface area contributed by atoms with Crippen molar-refractivity contribution in [1.29, 1.82) is 0 Å². The predicted octanol–water partition coefficient (Wildman–Crippen LogP) is 3.24. The average Bonchev–Trinajstić information content (AvgIpc) is 3.01. The number of hydrogen-bond acceptors (Lipinski definition) is 3. The molecule has 1 aromatic heterocycles. The van der Waals surface area contributed by atoms with E-state index in [1.165, 1.54) is 4.90 Å². The SMILES string of the molecule is Cc1nn(-c2ccccc2)c(C)c1CC(=O)N1CCc2ccccc2C1C(=O)O. The number of aryl methyl sites for hydroxylation is 1. The molecule has 1 N–H and O–H groups in total. The molecule has 0 spiro atoms. The van der Waals surface area contributed by atoms with Crippen LogP contribution in [0.5, 0.6) is 0 Å². The Morgan fingerprint density at radius 3 is 2.48 bits per heavy atom. The Bertz CT molecular complexity index is 1070. The van der Waals surface area contributed by atoms with Gasteiger partial charge in [-0.2, -0.15) is 5.10 Å². The number of carbonyl (C=O) groups is 2. The molecule has 1 atom stereocenters. The molecule has 0 aliphatic carbocycles. The second kappa shape index (κ2) is 7.54. The number of fused-ring (bicyclic) bond motifs is 1. The second-order valence-corrected chi connectivity index (χ2v) is 7.35. The molecular weight excluding hydrogens is 366 g/mol. The quantitative estimate of drug-likeness (QED) is 0.743. The van der Waals surface area contributed by atoms with E-state index in [1.807, 2.05) is 67.1 Å². The van der Waals surface area contributed by atoms with Crippen molar-refractivity contribution in [3.8, 4) is 5.69 Å². The van der Waals surface area contributed by atoms with E-state index in [4.69, 9.17) is 0 Å². The van der Waals surface area contributed by atoms with Gasteiger partial charge in [0.25, 0.3) is 0 Å². The molecule has 1 aliphatic rings. The van der Waals surface area contributed by atoms with Crippen LogP contribution in [0.15, 0.2) is 54.6 Å². The predicted molar refractivity (Wildman–Crippen MR) is 109 cm³/mol. The molecule has 0 saturated heterocycles. The highest BCUT2D eigenvalue weighted by Crippen LogP contribution is 2.31. The number of hydrogen-bond donors (Lipinski definition) is 1. The van der Waals surface area contributed by atoms with Crippen molar-refractivity contribution >= 4 is 11.9 Å². The van der Waals surface area contributed by atoms with Gasteiger partial charge in [0.1, 0.15) is 0 Å². The van der Waals surface area contributed by atoms with Crippen LogP contribution in [0, 0.1) is 13.8 Å². The Hall–Kier alpha value is -3.41. The minimum absolute atomic E-state index is 0.135. The van der Waals surface area contributed by atoms with Crippen molar-refractivity contribution in [2.45, 2.75) is 32.7 Å². The molecule has 29 heavy (non-hydrogen) atoms. The minimum atomic E-state index is -1.00. The van der Waals surface area contributed by atoms with Crippen LogP contribution in [0.4, 0.5) is 0 Å². The van der Waals surface area contributed by atoms with Gasteiger partial charge in [-0.1, -0.05) is 42.5 Å². The fourth-order valence-electron chi connectivity index (χ4n) is 4.11. The van der Waals surface area contributed by atoms with Gasteiger partial charge < -0.3 is 10.0 Å². The van der Waals surface area contributed by atoms with Gasteiger partial charge >= 0.3 is 5.97 Å². The maximum atomic E-state index is 13.2. The molecule has 1 unspecified atom stereocenters. The molecule has 1 amide bonds. The number of nitrogens with zero attached hydrogens (tertiary/aromatic N) is 3. The number of aliphatic carboxylic acids is 1. The first-order valence-corrected chi connectivity index (χ1v) is 9.68. The summed E-state index contributed by atoms with van der Waals surface area (Å²) in [6, 6.07) is 16.3. The Labute approximate surface area is 169 Å². The molecule has 148 valence electrons. The van der Waals surface area contributed by atoms with Crippen molar-refractivity contribution in [1.82, 2.24) is 14.7 Å². The maximum Gasteiger partial charge on any atom is 0.331 e. The molecule has 2 heterocycles. The molecule has 6 heteroatoms. The first kappa shape index (κ1) is 18.9. The maximum absolute atomic E-state index is 13.2. The van der Waals surface area contributed by atoms with E-state index in [1.54, 1.807) is 6.07 Å². The van der Waals surface area contributed by atoms with Crippen LogP contribution in [0.1, 0.15) is 34.1 Å². The number of aromatic nitrogens is 2. The standard InChI is InChI=1S/C23H23N3O3/c1-15-20(16(2)26(24-15)18-9-4-3-5-10-18)14-21(27)25-13-12-17-8-6-7-11-19(17)22(25)23(28)29/h3-11,22H,12-14H2,1-2H3,(H,28,29). The van der Waals surface area contributed by atoms with E-state index in [9.17, 15) is 14.7 Å². The van der Waals surface area contributed by atoms with E-state index >= 15 is 0 Å². The lowest BCUT2D eigenvalue weighted by Gasteiger charge is -2.34. The number of rotatable bonds is 4. The van der Waals surface area contributed by atoms with Crippen LogP contribution in [-0.2, 0) is 22.4 Å². The van der Waals surface area contributed by atoms with E-state index in [-0.39, 0.29) is 12.3 Å². The summed E-state index contributed by atoms with van der Waals surface area (Å²) in [5.41, 5.74) is 5.15. The van der Waals surface area contributed by atoms with E-state index < -0.39 is 12.0 Å². The van der Waals surface area contributed by atoms with Crippen molar-refractivity contribution in [2.24, 2.45) is 0 Å². The number of amides is 1. The molecular formula is C23H23N3O3. The summed E-state index contributed by atoms with van der Waals surface area (Å²) >= 11 is 0. The Balaban J connectivity index is 1.63. The highest BCUT2D eigenvalue weighted by atomic mass is 16.4. The Morgan fingerprint density at radius 1 is 1.07 bits per heavy atom. The minimum Gasteiger partial charge on any atom is -0.479 e. The van der Waals surface area contributed by atoms with E-state index in [2.05, 4.69) is 5.10 Å². The Kier molecular flexibility index (Phi) is 4.92. The third-order valence-electron chi connectivity index (χ3n) is 5.61. The zero-order valence-electron chi connectivity index (χ0n) is 16.5. The highest BCUT2D eigenvalue weighted by Gasteiger charge is 2.36. The molecule has 0 saturated carbocycles. The van der Waals surface area contributed by atoms with Crippen molar-refractivity contribution in [2.75, 3.05) is 6.54 Å². The number of carbonyl (C=O) groups excluding carboxylic acids is 1. The molecule has 0 fully saturated rings. The van der Waals surface area contributed by atoms with Gasteiger partial charge in [-0.15, -0.1) is 0 Å². The molecule has 3 aromatic rings. The largest absolute Gasteiger partial charge is 0.479 e. The summed E-state index contributed by atoms with van der Waals surface area (Å²) in [5, 5.41) is 14.4. The zero-order valence-corrected chi connectivity index (χ0v) is 16.5. The van der Waals surface area contributed by atoms with Crippen LogP contribution in [0.3, 0.4) is 0 Å². The molecule has 0 radical (unpaired) electrons. The summed E-state index contributed by atoms with van der Waals surface area (Å²) in [6.07, 6.45) is 0.795. The van der Waals surface area contributed by atoms with Gasteiger partial charge in [0, 0.05) is 17.8 Å². The monoisotopic (exact) mass is 389 g/mol. The van der Waals surface area contributed by atoms with Crippen molar-refractivity contribution < 1.29 is 14.7 Å². The second-order valence-electron chi connectivity index (χ2n) is 7.35. The normalized spacial score (nSPS) is 15.8. The molecule has 1 aliphatic heterocycles. The summed E-state index contributed by atoms with van der Waals surface area (Å²) in [7, 11) is 0. The summed E-state index contributed by atoms with van der Waals surface area (Å²) in [6.45, 7) is 4.22. The highest BCUT2D eigenvalue weighted by molar-refractivity contribution is 5.87. The van der Waals surface area contributed by atoms with Crippen molar-refractivity contribution in [3.63, 3.8) is 0 Å². The van der Waals surface area contributed by atoms with E-state index in [0.29, 0.717) is 18.5 Å². The van der Waals surface area contributed by atoms with Gasteiger partial charge in [0.2, 0.25) is 5.91 Å². The fourth-order valence-corrected chi connectivity index (χ4v) is 4.11. The number of carboxylic acids is 1. The summed E-state index contributed by atoms with van der Waals surface area (Å²) < 4.78 is 1.83. The third-order valence-corrected chi connectivity index (χ3v) is 5.61. The first-order valence-electron chi connectivity index (χ1n) is 9.68. The number of para-hydroxylation sites is 1. The fraction of sp³-hybridized carbons (Fsp3) is 0.261. The van der Waals surface area contributed by atoms with Crippen LogP contribution in [-0.4, -0.2) is 38.2 Å². The lowest BCUT2D eigenvalue weighted by molar-refractivity contribution is -0.151. The number of benzene rings is 2. The van der Waals surface area contributed by atoms with E-state index in [0.717, 1.165) is 28.2 Å². The lowest BCUT2D eigenvalue weighted by Crippen LogP contribution is -2.44. The van der Waals surface area contributed by atoms with Gasteiger partial charge in [0.05, 0.1) is 17.8 Å². The van der Waals surface area contributed by atoms with Crippen LogP contribution in [0.25, 0.3) is 5.69 Å². The molecule has 0 bridgehead atoms. The van der Waals surface area contributed by atoms with Crippen LogP contribution in [0.2, 0.25) is 0 Å². The topological polar surface area (TPSA) is 75.4 Å². The first-order chi connectivity index (χ1) is 14.0. The summed E-state index contributed by atoms with van der Waals surface area (Å²) in [4.78, 5) is 26.7. The van der Waals surface area contributed by atoms with Crippen molar-refractivity contribution in [3.05, 3.63) is 82.7 Å². The van der Waals surface area contributed by atoms with Gasteiger partial charge in [-0.25, -0.2) is 9.48 Å².